The Hall–Kier alpha value is -2.54. The van der Waals surface area contributed by atoms with E-state index in [1.54, 1.807) is 0 Å². The third-order valence-electron chi connectivity index (χ3n) is 4.36. The summed E-state index contributed by atoms with van der Waals surface area (Å²) in [6, 6.07) is 19.8. The third-order valence-corrected chi connectivity index (χ3v) is 4.36. The Morgan fingerprint density at radius 2 is 1.70 bits per heavy atom. The molecule has 3 aromatic rings. The molecule has 23 heavy (non-hydrogen) atoms. The molecule has 0 atom stereocenters. The Morgan fingerprint density at radius 3 is 2.48 bits per heavy atom. The topological polar surface area (TPSA) is 12.0 Å². The maximum atomic E-state index is 3.11. The van der Waals surface area contributed by atoms with Gasteiger partial charge in [-0.1, -0.05) is 60.2 Å². The first-order valence-corrected chi connectivity index (χ1v) is 8.09. The number of benzene rings is 3. The number of hydrogen-bond acceptors (Lipinski definition) is 1. The van der Waals surface area contributed by atoms with Gasteiger partial charge < -0.3 is 5.32 Å². The van der Waals surface area contributed by atoms with Gasteiger partial charge in [0.25, 0.3) is 0 Å². The van der Waals surface area contributed by atoms with Crippen LogP contribution in [0.15, 0.2) is 60.8 Å². The van der Waals surface area contributed by atoms with Gasteiger partial charge >= 0.3 is 0 Å². The summed E-state index contributed by atoms with van der Waals surface area (Å²) in [6.45, 7) is 4.35. The molecular formula is C22H23N. The lowest BCUT2D eigenvalue weighted by Crippen LogP contribution is -1.97. The van der Waals surface area contributed by atoms with Gasteiger partial charge in [0.1, 0.15) is 0 Å². The summed E-state index contributed by atoms with van der Waals surface area (Å²) in [5, 5.41) is 5.70. The van der Waals surface area contributed by atoms with Crippen LogP contribution < -0.4 is 5.32 Å². The van der Waals surface area contributed by atoms with E-state index in [9.17, 15) is 0 Å². The van der Waals surface area contributed by atoms with Crippen LogP contribution in [0.4, 0.5) is 0 Å². The summed E-state index contributed by atoms with van der Waals surface area (Å²) in [7, 11) is 1.94. The molecular weight excluding hydrogens is 278 g/mol. The van der Waals surface area contributed by atoms with Crippen molar-refractivity contribution in [2.45, 2.75) is 20.3 Å². The Morgan fingerprint density at radius 1 is 0.913 bits per heavy atom. The molecule has 0 aliphatic rings. The molecule has 0 saturated heterocycles. The van der Waals surface area contributed by atoms with Crippen LogP contribution in [0.25, 0.3) is 16.8 Å². The maximum absolute atomic E-state index is 3.11. The number of rotatable bonds is 4. The Bertz CT molecular complexity index is 859. The van der Waals surface area contributed by atoms with Crippen molar-refractivity contribution in [1.29, 1.82) is 0 Å². The van der Waals surface area contributed by atoms with Crippen LogP contribution in [-0.4, -0.2) is 7.05 Å². The summed E-state index contributed by atoms with van der Waals surface area (Å²) in [5.41, 5.74) is 6.74. The Balaban J connectivity index is 2.10. The first-order chi connectivity index (χ1) is 11.2. The molecule has 3 rings (SSSR count). The fourth-order valence-corrected chi connectivity index (χ4v) is 3.11. The molecule has 1 heteroatoms. The number of fused-ring (bicyclic) bond motifs is 1. The lowest BCUT2D eigenvalue weighted by atomic mass is 9.92. The highest BCUT2D eigenvalue weighted by atomic mass is 14.8. The SMILES string of the molecule is CN/C=C\c1c(Cc2ccc(C)cc2C)ccc2ccccc12. The average molecular weight is 301 g/mol. The maximum Gasteiger partial charge on any atom is 0.00277 e. The molecule has 0 aliphatic heterocycles. The van der Waals surface area contributed by atoms with Gasteiger partial charge in [0, 0.05) is 7.05 Å². The number of hydrogen-bond donors (Lipinski definition) is 1. The predicted octanol–water partition coefficient (Wildman–Crippen LogP) is 5.24. The van der Waals surface area contributed by atoms with Crippen molar-refractivity contribution in [2.75, 3.05) is 7.05 Å². The highest BCUT2D eigenvalue weighted by molar-refractivity contribution is 5.92. The van der Waals surface area contributed by atoms with Gasteiger partial charge in [0.2, 0.25) is 0 Å². The van der Waals surface area contributed by atoms with E-state index in [1.165, 1.54) is 38.6 Å². The number of aryl methyl sites for hydroxylation is 2. The van der Waals surface area contributed by atoms with Crippen molar-refractivity contribution in [3.05, 3.63) is 88.6 Å². The second kappa shape index (κ2) is 6.70. The second-order valence-corrected chi connectivity index (χ2v) is 6.09. The molecule has 0 saturated carbocycles. The van der Waals surface area contributed by atoms with Gasteiger partial charge in [-0.05, 0) is 65.6 Å². The lowest BCUT2D eigenvalue weighted by Gasteiger charge is -2.12. The summed E-state index contributed by atoms with van der Waals surface area (Å²) < 4.78 is 0. The van der Waals surface area contributed by atoms with Crippen molar-refractivity contribution in [1.82, 2.24) is 5.32 Å². The highest BCUT2D eigenvalue weighted by Gasteiger charge is 2.08. The zero-order valence-electron chi connectivity index (χ0n) is 14.1. The molecule has 0 aromatic heterocycles. The fraction of sp³-hybridized carbons (Fsp3) is 0.182. The van der Waals surface area contributed by atoms with E-state index in [1.807, 2.05) is 13.2 Å². The zero-order chi connectivity index (χ0) is 16.2. The summed E-state index contributed by atoms with van der Waals surface area (Å²) in [6.07, 6.45) is 5.15. The Kier molecular flexibility index (Phi) is 4.47. The van der Waals surface area contributed by atoms with Gasteiger partial charge in [-0.25, -0.2) is 0 Å². The van der Waals surface area contributed by atoms with E-state index >= 15 is 0 Å². The molecule has 0 amide bonds. The lowest BCUT2D eigenvalue weighted by molar-refractivity contribution is 1.11. The first-order valence-electron chi connectivity index (χ1n) is 8.09. The molecule has 0 heterocycles. The first kappa shape index (κ1) is 15.4. The molecule has 1 nitrogen and oxygen atoms in total. The molecule has 0 bridgehead atoms. The van der Waals surface area contributed by atoms with Crippen LogP contribution >= 0.6 is 0 Å². The van der Waals surface area contributed by atoms with E-state index < -0.39 is 0 Å². The van der Waals surface area contributed by atoms with E-state index in [-0.39, 0.29) is 0 Å². The zero-order valence-corrected chi connectivity index (χ0v) is 14.1. The van der Waals surface area contributed by atoms with Crippen LogP contribution in [0.2, 0.25) is 0 Å². The van der Waals surface area contributed by atoms with Crippen molar-refractivity contribution in [2.24, 2.45) is 0 Å². The van der Waals surface area contributed by atoms with Gasteiger partial charge in [-0.3, -0.25) is 0 Å². The average Bonchev–Trinajstić information content (AvgIpc) is 2.56. The minimum Gasteiger partial charge on any atom is -0.394 e. The largest absolute Gasteiger partial charge is 0.394 e. The van der Waals surface area contributed by atoms with Crippen LogP contribution in [0.1, 0.15) is 27.8 Å². The molecule has 0 radical (unpaired) electrons. The normalized spacial score (nSPS) is 11.3. The van der Waals surface area contributed by atoms with Crippen molar-refractivity contribution in [3.8, 4) is 0 Å². The summed E-state index contributed by atoms with van der Waals surface area (Å²) in [4.78, 5) is 0. The summed E-state index contributed by atoms with van der Waals surface area (Å²) >= 11 is 0. The predicted molar refractivity (Wildman–Crippen MR) is 101 cm³/mol. The van der Waals surface area contributed by atoms with Gasteiger partial charge in [-0.15, -0.1) is 0 Å². The quantitative estimate of drug-likeness (QED) is 0.695. The molecule has 3 aromatic carbocycles. The molecule has 1 N–H and O–H groups in total. The third kappa shape index (κ3) is 3.29. The highest BCUT2D eigenvalue weighted by Crippen LogP contribution is 2.26. The van der Waals surface area contributed by atoms with E-state index in [2.05, 4.69) is 79.8 Å². The monoisotopic (exact) mass is 301 g/mol. The molecule has 0 aliphatic carbocycles. The van der Waals surface area contributed by atoms with Gasteiger partial charge in [0.15, 0.2) is 0 Å². The summed E-state index contributed by atoms with van der Waals surface area (Å²) in [5.74, 6) is 0. The van der Waals surface area contributed by atoms with Crippen LogP contribution in [0.3, 0.4) is 0 Å². The van der Waals surface area contributed by atoms with Gasteiger partial charge in [0.05, 0.1) is 0 Å². The van der Waals surface area contributed by atoms with Crippen LogP contribution in [0.5, 0.6) is 0 Å². The number of nitrogens with one attached hydrogen (secondary N) is 1. The molecule has 0 spiro atoms. The van der Waals surface area contributed by atoms with Crippen molar-refractivity contribution in [3.63, 3.8) is 0 Å². The van der Waals surface area contributed by atoms with Crippen LogP contribution in [-0.2, 0) is 6.42 Å². The van der Waals surface area contributed by atoms with Crippen LogP contribution in [0, 0.1) is 13.8 Å². The standard InChI is InChI=1S/C22H23N/c1-16-8-9-19(17(2)14-16)15-20-11-10-18-6-4-5-7-21(18)22(20)12-13-23-3/h4-14,23H,15H2,1-3H3/b13-12-. The minimum atomic E-state index is 0.959. The molecule has 0 unspecified atom stereocenters. The molecule has 116 valence electrons. The van der Waals surface area contributed by atoms with E-state index in [0.717, 1.165) is 6.42 Å². The minimum absolute atomic E-state index is 0.959. The molecule has 0 fully saturated rings. The van der Waals surface area contributed by atoms with Crippen molar-refractivity contribution < 1.29 is 0 Å². The van der Waals surface area contributed by atoms with E-state index in [4.69, 9.17) is 0 Å². The van der Waals surface area contributed by atoms with E-state index in [0.29, 0.717) is 0 Å². The fourth-order valence-electron chi connectivity index (χ4n) is 3.11. The van der Waals surface area contributed by atoms with Crippen molar-refractivity contribution >= 4 is 16.8 Å². The Labute approximate surface area is 138 Å². The smallest absolute Gasteiger partial charge is 0.00277 e. The van der Waals surface area contributed by atoms with Gasteiger partial charge in [-0.2, -0.15) is 0 Å². The second-order valence-electron chi connectivity index (χ2n) is 6.09.